The number of carbonyl (C=O) groups is 1. The summed E-state index contributed by atoms with van der Waals surface area (Å²) in [4.78, 5) is 14.7. The summed E-state index contributed by atoms with van der Waals surface area (Å²) in [7, 11) is 0. The third-order valence-electron chi connectivity index (χ3n) is 4.33. The van der Waals surface area contributed by atoms with Crippen LogP contribution in [0.1, 0.15) is 38.5 Å². The lowest BCUT2D eigenvalue weighted by Crippen LogP contribution is -2.29. The van der Waals surface area contributed by atoms with Gasteiger partial charge in [0, 0.05) is 19.7 Å². The van der Waals surface area contributed by atoms with E-state index in [0.717, 1.165) is 37.3 Å². The maximum Gasteiger partial charge on any atom is 0.253 e. The molecule has 1 atom stereocenters. The SMILES string of the molecule is O=C(Nc1ccccc1N1CCCCCC1)C1CCCO1. The normalized spacial score (nSPS) is 22.9. The van der Waals surface area contributed by atoms with Crippen molar-refractivity contribution >= 4 is 17.3 Å². The molecule has 4 nitrogen and oxygen atoms in total. The molecule has 2 heterocycles. The zero-order valence-electron chi connectivity index (χ0n) is 12.5. The monoisotopic (exact) mass is 288 g/mol. The van der Waals surface area contributed by atoms with Gasteiger partial charge in [0.15, 0.2) is 0 Å². The van der Waals surface area contributed by atoms with Crippen molar-refractivity contribution in [3.63, 3.8) is 0 Å². The number of benzene rings is 1. The molecule has 2 saturated heterocycles. The quantitative estimate of drug-likeness (QED) is 0.928. The summed E-state index contributed by atoms with van der Waals surface area (Å²) in [6.45, 7) is 2.85. The second-order valence-corrected chi connectivity index (χ2v) is 5.91. The Morgan fingerprint density at radius 2 is 1.86 bits per heavy atom. The van der Waals surface area contributed by atoms with Crippen LogP contribution in [0.15, 0.2) is 24.3 Å². The van der Waals surface area contributed by atoms with Gasteiger partial charge in [-0.25, -0.2) is 0 Å². The van der Waals surface area contributed by atoms with Crippen molar-refractivity contribution in [3.05, 3.63) is 24.3 Å². The number of para-hydroxylation sites is 2. The van der Waals surface area contributed by atoms with Crippen molar-refractivity contribution in [1.29, 1.82) is 0 Å². The molecular weight excluding hydrogens is 264 g/mol. The molecule has 2 aliphatic rings. The number of carbonyl (C=O) groups excluding carboxylic acids is 1. The van der Waals surface area contributed by atoms with E-state index in [1.54, 1.807) is 0 Å². The molecule has 1 aromatic carbocycles. The Balaban J connectivity index is 1.73. The highest BCUT2D eigenvalue weighted by atomic mass is 16.5. The third-order valence-corrected chi connectivity index (χ3v) is 4.33. The topological polar surface area (TPSA) is 41.6 Å². The fourth-order valence-corrected chi connectivity index (χ4v) is 3.16. The van der Waals surface area contributed by atoms with Crippen LogP contribution >= 0.6 is 0 Å². The van der Waals surface area contributed by atoms with Crippen LogP contribution in [0.25, 0.3) is 0 Å². The van der Waals surface area contributed by atoms with Crippen molar-refractivity contribution in [2.45, 2.75) is 44.6 Å². The first kappa shape index (κ1) is 14.4. The molecule has 0 spiro atoms. The van der Waals surface area contributed by atoms with Crippen molar-refractivity contribution in [2.24, 2.45) is 0 Å². The summed E-state index contributed by atoms with van der Waals surface area (Å²) in [6, 6.07) is 8.12. The fourth-order valence-electron chi connectivity index (χ4n) is 3.16. The molecule has 0 bridgehead atoms. The lowest BCUT2D eigenvalue weighted by atomic mass is 10.2. The fraction of sp³-hybridized carbons (Fsp3) is 0.588. The number of ether oxygens (including phenoxy) is 1. The van der Waals surface area contributed by atoms with Gasteiger partial charge in [0.2, 0.25) is 0 Å². The summed E-state index contributed by atoms with van der Waals surface area (Å²) in [5.41, 5.74) is 2.06. The van der Waals surface area contributed by atoms with E-state index in [4.69, 9.17) is 4.74 Å². The smallest absolute Gasteiger partial charge is 0.253 e. The van der Waals surface area contributed by atoms with Gasteiger partial charge in [0.25, 0.3) is 5.91 Å². The second-order valence-electron chi connectivity index (χ2n) is 5.91. The minimum atomic E-state index is -0.276. The minimum absolute atomic E-state index is 0.00484. The van der Waals surface area contributed by atoms with E-state index in [2.05, 4.69) is 16.3 Å². The van der Waals surface area contributed by atoms with Crippen LogP contribution in [0.3, 0.4) is 0 Å². The number of anilines is 2. The highest BCUT2D eigenvalue weighted by molar-refractivity contribution is 5.97. The Morgan fingerprint density at radius 1 is 1.10 bits per heavy atom. The van der Waals surface area contributed by atoms with Crippen molar-refractivity contribution in [1.82, 2.24) is 0 Å². The summed E-state index contributed by atoms with van der Waals surface area (Å²) >= 11 is 0. The number of hydrogen-bond donors (Lipinski definition) is 1. The molecule has 0 saturated carbocycles. The molecule has 1 unspecified atom stereocenters. The zero-order chi connectivity index (χ0) is 14.5. The first-order valence-corrected chi connectivity index (χ1v) is 8.11. The average Bonchev–Trinajstić information content (AvgIpc) is 2.91. The number of nitrogens with zero attached hydrogens (tertiary/aromatic N) is 1. The summed E-state index contributed by atoms with van der Waals surface area (Å²) in [5.74, 6) is -0.00484. The van der Waals surface area contributed by atoms with Gasteiger partial charge in [-0.15, -0.1) is 0 Å². The molecule has 2 fully saturated rings. The highest BCUT2D eigenvalue weighted by Crippen LogP contribution is 2.28. The lowest BCUT2D eigenvalue weighted by Gasteiger charge is -2.25. The molecule has 21 heavy (non-hydrogen) atoms. The molecule has 2 aliphatic heterocycles. The maximum absolute atomic E-state index is 12.3. The highest BCUT2D eigenvalue weighted by Gasteiger charge is 2.24. The van der Waals surface area contributed by atoms with E-state index in [1.165, 1.54) is 25.7 Å². The first-order valence-electron chi connectivity index (χ1n) is 8.11. The molecule has 1 aromatic rings. The predicted molar refractivity (Wildman–Crippen MR) is 84.7 cm³/mol. The van der Waals surface area contributed by atoms with Gasteiger partial charge >= 0.3 is 0 Å². The van der Waals surface area contributed by atoms with Crippen LogP contribution in [-0.2, 0) is 9.53 Å². The Bertz CT molecular complexity index is 475. The standard InChI is InChI=1S/C17H24N2O2/c20-17(16-10-7-13-21-16)18-14-8-3-4-9-15(14)19-11-5-1-2-6-12-19/h3-4,8-9,16H,1-2,5-7,10-13H2,(H,18,20). The summed E-state index contributed by atoms with van der Waals surface area (Å²) < 4.78 is 5.47. The molecule has 1 N–H and O–H groups in total. The van der Waals surface area contributed by atoms with Gasteiger partial charge < -0.3 is 15.0 Å². The molecule has 1 amide bonds. The molecule has 0 radical (unpaired) electrons. The Kier molecular flexibility index (Phi) is 4.76. The molecule has 0 aliphatic carbocycles. The van der Waals surface area contributed by atoms with Crippen LogP contribution < -0.4 is 10.2 Å². The van der Waals surface area contributed by atoms with Gasteiger partial charge in [0.05, 0.1) is 11.4 Å². The maximum atomic E-state index is 12.3. The van der Waals surface area contributed by atoms with Gasteiger partial charge in [-0.05, 0) is 37.8 Å². The molecule has 4 heteroatoms. The number of amides is 1. The molecular formula is C17H24N2O2. The summed E-state index contributed by atoms with van der Waals surface area (Å²) in [6.07, 6.45) is 6.61. The van der Waals surface area contributed by atoms with Crippen LogP contribution in [0.4, 0.5) is 11.4 Å². The van der Waals surface area contributed by atoms with Crippen LogP contribution in [0, 0.1) is 0 Å². The van der Waals surface area contributed by atoms with Gasteiger partial charge in [-0.2, -0.15) is 0 Å². The van der Waals surface area contributed by atoms with Crippen molar-refractivity contribution < 1.29 is 9.53 Å². The minimum Gasteiger partial charge on any atom is -0.370 e. The molecule has 3 rings (SSSR count). The van der Waals surface area contributed by atoms with E-state index in [-0.39, 0.29) is 12.0 Å². The second kappa shape index (κ2) is 6.94. The van der Waals surface area contributed by atoms with Gasteiger partial charge in [-0.3, -0.25) is 4.79 Å². The van der Waals surface area contributed by atoms with E-state index < -0.39 is 0 Å². The van der Waals surface area contributed by atoms with Crippen LogP contribution in [-0.4, -0.2) is 31.7 Å². The lowest BCUT2D eigenvalue weighted by molar-refractivity contribution is -0.124. The van der Waals surface area contributed by atoms with E-state index >= 15 is 0 Å². The molecule has 0 aromatic heterocycles. The predicted octanol–water partition coefficient (Wildman–Crippen LogP) is 3.18. The number of nitrogens with one attached hydrogen (secondary N) is 1. The Labute approximate surface area is 126 Å². The van der Waals surface area contributed by atoms with Gasteiger partial charge in [0.1, 0.15) is 6.10 Å². The Morgan fingerprint density at radius 3 is 2.57 bits per heavy atom. The molecule has 114 valence electrons. The first-order chi connectivity index (χ1) is 10.3. The van der Waals surface area contributed by atoms with Crippen LogP contribution in [0.2, 0.25) is 0 Å². The van der Waals surface area contributed by atoms with Crippen LogP contribution in [0.5, 0.6) is 0 Å². The van der Waals surface area contributed by atoms with E-state index in [1.807, 2.05) is 18.2 Å². The number of hydrogen-bond acceptors (Lipinski definition) is 3. The Hall–Kier alpha value is -1.55. The van der Waals surface area contributed by atoms with Gasteiger partial charge in [-0.1, -0.05) is 25.0 Å². The van der Waals surface area contributed by atoms with Crippen molar-refractivity contribution in [3.8, 4) is 0 Å². The van der Waals surface area contributed by atoms with E-state index in [9.17, 15) is 4.79 Å². The third kappa shape index (κ3) is 3.56. The average molecular weight is 288 g/mol. The van der Waals surface area contributed by atoms with Crippen molar-refractivity contribution in [2.75, 3.05) is 29.9 Å². The number of rotatable bonds is 3. The zero-order valence-corrected chi connectivity index (χ0v) is 12.5. The summed E-state index contributed by atoms with van der Waals surface area (Å²) in [5, 5.41) is 3.06. The largest absolute Gasteiger partial charge is 0.370 e. The van der Waals surface area contributed by atoms with E-state index in [0.29, 0.717) is 6.61 Å².